The van der Waals surface area contributed by atoms with Crippen LogP contribution >= 0.6 is 0 Å². The number of esters is 1. The first-order valence-electron chi connectivity index (χ1n) is 3.30. The lowest BCUT2D eigenvalue weighted by atomic mass is 10.4. The number of hydrogen-bond acceptors (Lipinski definition) is 3. The van der Waals surface area contributed by atoms with Gasteiger partial charge in [0.25, 0.3) is 0 Å². The summed E-state index contributed by atoms with van der Waals surface area (Å²) in [5.41, 5.74) is 0. The third kappa shape index (κ3) is 27.7. The lowest BCUT2D eigenvalue weighted by molar-refractivity contribution is -0.138. The van der Waals surface area contributed by atoms with Crippen molar-refractivity contribution in [1.29, 1.82) is 0 Å². The third-order valence-electron chi connectivity index (χ3n) is 0.751. The van der Waals surface area contributed by atoms with Gasteiger partial charge in [0.1, 0.15) is 0 Å². The molecule has 0 fully saturated rings. The second-order valence-electron chi connectivity index (χ2n) is 1.84. The van der Waals surface area contributed by atoms with Gasteiger partial charge in [-0.3, -0.25) is 9.59 Å². The van der Waals surface area contributed by atoms with Crippen molar-refractivity contribution in [3.63, 3.8) is 0 Å². The molecule has 0 bridgehead atoms. The van der Waals surface area contributed by atoms with E-state index in [1.807, 2.05) is 6.92 Å². The Labute approximate surface area is 66.2 Å². The van der Waals surface area contributed by atoms with E-state index in [9.17, 15) is 9.59 Å². The zero-order valence-electron chi connectivity index (χ0n) is 7.09. The van der Waals surface area contributed by atoms with Gasteiger partial charge in [0.2, 0.25) is 0 Å². The van der Waals surface area contributed by atoms with E-state index in [0.29, 0.717) is 6.42 Å². The van der Waals surface area contributed by atoms with Gasteiger partial charge >= 0.3 is 11.9 Å². The minimum Gasteiger partial charge on any atom is -0.481 e. The van der Waals surface area contributed by atoms with Crippen molar-refractivity contribution in [2.45, 2.75) is 26.7 Å². The first-order valence-corrected chi connectivity index (χ1v) is 3.30. The van der Waals surface area contributed by atoms with E-state index in [1.165, 1.54) is 14.0 Å². The molecule has 0 aromatic carbocycles. The lowest BCUT2D eigenvalue weighted by Gasteiger charge is -1.80. The molecule has 0 radical (unpaired) electrons. The van der Waals surface area contributed by atoms with Crippen molar-refractivity contribution in [2.75, 3.05) is 7.11 Å². The number of hydrogen-bond donors (Lipinski definition) is 1. The molecular formula is C7H14O4. The maximum absolute atomic E-state index is 9.60. The summed E-state index contributed by atoms with van der Waals surface area (Å²) in [6, 6.07) is 0. The average molecular weight is 162 g/mol. The van der Waals surface area contributed by atoms with Crippen LogP contribution in [0.2, 0.25) is 0 Å². The van der Waals surface area contributed by atoms with E-state index in [0.717, 1.165) is 6.42 Å². The number of carbonyl (C=O) groups excluding carboxylic acids is 1. The molecule has 4 heteroatoms. The van der Waals surface area contributed by atoms with E-state index in [2.05, 4.69) is 4.74 Å². The van der Waals surface area contributed by atoms with Gasteiger partial charge in [-0.25, -0.2) is 0 Å². The number of carboxylic acid groups (broad SMARTS) is 1. The highest BCUT2D eigenvalue weighted by molar-refractivity contribution is 5.66. The Morgan fingerprint density at radius 1 is 1.45 bits per heavy atom. The van der Waals surface area contributed by atoms with Crippen molar-refractivity contribution in [2.24, 2.45) is 0 Å². The molecular weight excluding hydrogens is 148 g/mol. The van der Waals surface area contributed by atoms with Crippen LogP contribution in [0, 0.1) is 0 Å². The summed E-state index contributed by atoms with van der Waals surface area (Å²) in [6.45, 7) is 3.20. The van der Waals surface area contributed by atoms with Crippen molar-refractivity contribution in [3.05, 3.63) is 0 Å². The van der Waals surface area contributed by atoms with Crippen molar-refractivity contribution in [1.82, 2.24) is 0 Å². The number of carbonyl (C=O) groups is 2. The molecule has 0 aliphatic rings. The summed E-state index contributed by atoms with van der Waals surface area (Å²) in [4.78, 5) is 19.2. The van der Waals surface area contributed by atoms with Crippen LogP contribution in [0.1, 0.15) is 26.7 Å². The fourth-order valence-corrected chi connectivity index (χ4v) is 0.214. The predicted molar refractivity (Wildman–Crippen MR) is 40.2 cm³/mol. The molecule has 0 spiro atoms. The minimum atomic E-state index is -0.711. The lowest BCUT2D eigenvalue weighted by Crippen LogP contribution is -1.90. The first kappa shape index (κ1) is 12.6. The molecule has 0 heterocycles. The number of aliphatic carboxylic acids is 1. The average Bonchev–Trinajstić information content (AvgIpc) is 1.89. The van der Waals surface area contributed by atoms with Gasteiger partial charge in [-0.05, 0) is 6.42 Å². The predicted octanol–water partition coefficient (Wildman–Crippen LogP) is 1.05. The Kier molecular flexibility index (Phi) is 10.2. The van der Waals surface area contributed by atoms with E-state index in [-0.39, 0.29) is 5.97 Å². The summed E-state index contributed by atoms with van der Waals surface area (Å²) in [7, 11) is 1.35. The summed E-state index contributed by atoms with van der Waals surface area (Å²) in [5.74, 6) is -0.956. The molecule has 4 nitrogen and oxygen atoms in total. The molecule has 0 saturated heterocycles. The van der Waals surface area contributed by atoms with Crippen LogP contribution in [-0.4, -0.2) is 24.2 Å². The van der Waals surface area contributed by atoms with Crippen LogP contribution in [0.5, 0.6) is 0 Å². The van der Waals surface area contributed by atoms with Crippen LogP contribution in [-0.2, 0) is 14.3 Å². The Balaban J connectivity index is 0. The second-order valence-corrected chi connectivity index (χ2v) is 1.84. The number of ether oxygens (including phenoxy) is 1. The van der Waals surface area contributed by atoms with Gasteiger partial charge < -0.3 is 9.84 Å². The highest BCUT2D eigenvalue weighted by Gasteiger charge is 1.87. The topological polar surface area (TPSA) is 63.6 Å². The van der Waals surface area contributed by atoms with Crippen molar-refractivity contribution >= 4 is 11.9 Å². The fourth-order valence-electron chi connectivity index (χ4n) is 0.214. The molecule has 0 aliphatic carbocycles. The van der Waals surface area contributed by atoms with E-state index >= 15 is 0 Å². The maximum atomic E-state index is 9.60. The molecule has 0 aromatic rings. The van der Waals surface area contributed by atoms with Crippen LogP contribution in [0.3, 0.4) is 0 Å². The van der Waals surface area contributed by atoms with E-state index < -0.39 is 5.97 Å². The Morgan fingerprint density at radius 2 is 1.82 bits per heavy atom. The molecule has 0 amide bonds. The standard InChI is InChI=1S/C4H8O2.C3H6O2/c1-2-3-4(5)6;1-3(4)5-2/h2-3H2,1H3,(H,5,6);1-2H3. The summed E-state index contributed by atoms with van der Waals surface area (Å²) in [6.07, 6.45) is 1.02. The quantitative estimate of drug-likeness (QED) is 0.616. The Bertz CT molecular complexity index is 120. The highest BCUT2D eigenvalue weighted by atomic mass is 16.5. The second kappa shape index (κ2) is 8.94. The molecule has 0 atom stereocenters. The molecule has 66 valence electrons. The van der Waals surface area contributed by atoms with Crippen LogP contribution in [0.15, 0.2) is 0 Å². The van der Waals surface area contributed by atoms with Gasteiger partial charge in [-0.2, -0.15) is 0 Å². The van der Waals surface area contributed by atoms with Gasteiger partial charge in [-0.15, -0.1) is 0 Å². The van der Waals surface area contributed by atoms with Gasteiger partial charge in [0, 0.05) is 13.3 Å². The van der Waals surface area contributed by atoms with E-state index in [1.54, 1.807) is 0 Å². The summed E-state index contributed by atoms with van der Waals surface area (Å²) in [5, 5.41) is 7.91. The van der Waals surface area contributed by atoms with Crippen LogP contribution < -0.4 is 0 Å². The zero-order chi connectivity index (χ0) is 9.28. The third-order valence-corrected chi connectivity index (χ3v) is 0.751. The van der Waals surface area contributed by atoms with E-state index in [4.69, 9.17) is 5.11 Å². The maximum Gasteiger partial charge on any atom is 0.303 e. The number of methoxy groups -OCH3 is 1. The van der Waals surface area contributed by atoms with Gasteiger partial charge in [-0.1, -0.05) is 6.92 Å². The van der Waals surface area contributed by atoms with Crippen molar-refractivity contribution in [3.8, 4) is 0 Å². The normalized spacial score (nSPS) is 7.55. The fraction of sp³-hybridized carbons (Fsp3) is 0.714. The molecule has 0 aliphatic heterocycles. The molecule has 11 heavy (non-hydrogen) atoms. The highest BCUT2D eigenvalue weighted by Crippen LogP contribution is 1.82. The molecule has 0 saturated carbocycles. The number of rotatable bonds is 2. The monoisotopic (exact) mass is 162 g/mol. The van der Waals surface area contributed by atoms with Crippen LogP contribution in [0.4, 0.5) is 0 Å². The Hall–Kier alpha value is -1.06. The summed E-state index contributed by atoms with van der Waals surface area (Å²) < 4.78 is 4.11. The van der Waals surface area contributed by atoms with Gasteiger partial charge in [0.05, 0.1) is 7.11 Å². The molecule has 0 unspecified atom stereocenters. The summed E-state index contributed by atoms with van der Waals surface area (Å²) >= 11 is 0. The first-order chi connectivity index (χ1) is 5.04. The molecule has 0 rings (SSSR count). The van der Waals surface area contributed by atoms with Gasteiger partial charge in [0.15, 0.2) is 0 Å². The number of carboxylic acids is 1. The largest absolute Gasteiger partial charge is 0.481 e. The molecule has 1 N–H and O–H groups in total. The SMILES string of the molecule is CCCC(=O)O.COC(C)=O. The zero-order valence-corrected chi connectivity index (χ0v) is 7.09. The minimum absolute atomic E-state index is 0.245. The smallest absolute Gasteiger partial charge is 0.303 e. The molecule has 0 aromatic heterocycles. The Morgan fingerprint density at radius 3 is 1.82 bits per heavy atom. The van der Waals surface area contributed by atoms with Crippen molar-refractivity contribution < 1.29 is 19.4 Å². The van der Waals surface area contributed by atoms with Crippen LogP contribution in [0.25, 0.3) is 0 Å².